The third-order valence-corrected chi connectivity index (χ3v) is 7.60. The fourth-order valence-corrected chi connectivity index (χ4v) is 5.96. The van der Waals surface area contributed by atoms with E-state index in [1.54, 1.807) is 7.11 Å². The van der Waals surface area contributed by atoms with Gasteiger partial charge in [0.05, 0.1) is 13.2 Å². The van der Waals surface area contributed by atoms with Crippen LogP contribution >= 0.6 is 0 Å². The van der Waals surface area contributed by atoms with E-state index in [-0.39, 0.29) is 11.9 Å². The van der Waals surface area contributed by atoms with Crippen molar-refractivity contribution in [3.05, 3.63) is 70.8 Å². The lowest BCUT2D eigenvalue weighted by Crippen LogP contribution is -2.54. The minimum atomic E-state index is -0.156. The Morgan fingerprint density at radius 2 is 2.03 bits per heavy atom. The Kier molecular flexibility index (Phi) is 5.83. The minimum Gasteiger partial charge on any atom is -0.314 e. The van der Waals surface area contributed by atoms with Crippen LogP contribution in [0.15, 0.2) is 48.5 Å². The maximum atomic E-state index is 13.6. The molecule has 1 amide bonds. The van der Waals surface area contributed by atoms with Gasteiger partial charge in [-0.1, -0.05) is 42.5 Å². The normalized spacial score (nSPS) is 26.3. The summed E-state index contributed by atoms with van der Waals surface area (Å²) in [6.07, 6.45) is 4.70. The van der Waals surface area contributed by atoms with Crippen LogP contribution in [-0.2, 0) is 11.3 Å². The van der Waals surface area contributed by atoms with Crippen molar-refractivity contribution in [3.8, 4) is 0 Å². The lowest BCUT2D eigenvalue weighted by atomic mass is 9.77. The standard InChI is InChI=1S/C26H33N3O2/c1-18(19-8-4-3-5-9-19)29(31-2)26(30)23-12-6-11-22-21(23)13-15-28-17-20-10-7-14-27-24(20)16-25(22)28/h3-6,8-9,11-12,18,20,24-25,27H,7,10,13-17H2,1-2H3/t18-,20-,24+,25+/m1/s1. The van der Waals surface area contributed by atoms with Crippen LogP contribution in [0.25, 0.3) is 0 Å². The molecule has 164 valence electrons. The van der Waals surface area contributed by atoms with E-state index in [0.717, 1.165) is 43.0 Å². The second kappa shape index (κ2) is 8.73. The molecular weight excluding hydrogens is 386 g/mol. The lowest BCUT2D eigenvalue weighted by Gasteiger charge is -2.49. The number of amides is 1. The third kappa shape index (κ3) is 3.79. The van der Waals surface area contributed by atoms with Crippen molar-refractivity contribution in [2.75, 3.05) is 26.7 Å². The number of hydroxylamine groups is 2. The van der Waals surface area contributed by atoms with Crippen LogP contribution in [0.5, 0.6) is 0 Å². The molecule has 0 aliphatic carbocycles. The molecule has 3 aliphatic rings. The van der Waals surface area contributed by atoms with E-state index >= 15 is 0 Å². The van der Waals surface area contributed by atoms with Gasteiger partial charge in [0.25, 0.3) is 5.91 Å². The summed E-state index contributed by atoms with van der Waals surface area (Å²) < 4.78 is 0. The zero-order valence-corrected chi connectivity index (χ0v) is 18.6. The fraction of sp³-hybridized carbons (Fsp3) is 0.500. The van der Waals surface area contributed by atoms with E-state index in [2.05, 4.69) is 22.3 Å². The first kappa shape index (κ1) is 20.7. The molecule has 31 heavy (non-hydrogen) atoms. The third-order valence-electron chi connectivity index (χ3n) is 7.60. The molecule has 2 aromatic rings. The van der Waals surface area contributed by atoms with Gasteiger partial charge >= 0.3 is 0 Å². The molecular formula is C26H33N3O2. The number of nitrogens with one attached hydrogen (secondary N) is 1. The molecule has 1 N–H and O–H groups in total. The van der Waals surface area contributed by atoms with Gasteiger partial charge in [-0.15, -0.1) is 0 Å². The zero-order chi connectivity index (χ0) is 21.4. The topological polar surface area (TPSA) is 44.8 Å². The first-order valence-corrected chi connectivity index (χ1v) is 11.7. The van der Waals surface area contributed by atoms with Crippen LogP contribution < -0.4 is 5.32 Å². The van der Waals surface area contributed by atoms with Crippen LogP contribution in [0.4, 0.5) is 0 Å². The Bertz CT molecular complexity index is 932. The minimum absolute atomic E-state index is 0.0476. The Balaban J connectivity index is 1.43. The Morgan fingerprint density at radius 3 is 2.84 bits per heavy atom. The van der Waals surface area contributed by atoms with E-state index in [1.165, 1.54) is 35.6 Å². The molecule has 2 saturated heterocycles. The maximum Gasteiger partial charge on any atom is 0.278 e. The summed E-state index contributed by atoms with van der Waals surface area (Å²) >= 11 is 0. The van der Waals surface area contributed by atoms with Gasteiger partial charge in [-0.2, -0.15) is 0 Å². The number of hydrogen-bond acceptors (Lipinski definition) is 4. The van der Waals surface area contributed by atoms with Gasteiger partial charge in [0.2, 0.25) is 0 Å². The average Bonchev–Trinajstić information content (AvgIpc) is 2.83. The van der Waals surface area contributed by atoms with Gasteiger partial charge in [0, 0.05) is 30.7 Å². The van der Waals surface area contributed by atoms with Crippen LogP contribution in [-0.4, -0.2) is 48.7 Å². The Hall–Kier alpha value is -2.21. The van der Waals surface area contributed by atoms with E-state index in [0.29, 0.717) is 12.1 Å². The summed E-state index contributed by atoms with van der Waals surface area (Å²) in [7, 11) is 1.59. The first-order valence-electron chi connectivity index (χ1n) is 11.7. The van der Waals surface area contributed by atoms with Crippen molar-refractivity contribution >= 4 is 5.91 Å². The molecule has 5 heteroatoms. The van der Waals surface area contributed by atoms with Gasteiger partial charge in [0.15, 0.2) is 0 Å². The van der Waals surface area contributed by atoms with Crippen molar-refractivity contribution in [1.29, 1.82) is 0 Å². The van der Waals surface area contributed by atoms with Gasteiger partial charge in [0.1, 0.15) is 0 Å². The highest BCUT2D eigenvalue weighted by atomic mass is 16.7. The van der Waals surface area contributed by atoms with E-state index in [9.17, 15) is 4.79 Å². The first-order chi connectivity index (χ1) is 15.2. The van der Waals surface area contributed by atoms with Gasteiger partial charge < -0.3 is 5.32 Å². The maximum absolute atomic E-state index is 13.6. The Labute approximate surface area is 185 Å². The molecule has 2 aromatic carbocycles. The number of benzene rings is 2. The summed E-state index contributed by atoms with van der Waals surface area (Å²) in [4.78, 5) is 21.9. The SMILES string of the molecule is CON(C(=O)c1cccc2c1CCN1C[C@H]3CCCN[C@H]3C[C@@H]21)[C@H](C)c1ccccc1. The van der Waals surface area contributed by atoms with Crippen LogP contribution in [0.3, 0.4) is 0 Å². The summed E-state index contributed by atoms with van der Waals surface area (Å²) in [5.41, 5.74) is 4.41. The largest absolute Gasteiger partial charge is 0.314 e. The molecule has 0 radical (unpaired) electrons. The predicted molar refractivity (Wildman–Crippen MR) is 122 cm³/mol. The van der Waals surface area contributed by atoms with Gasteiger partial charge in [-0.3, -0.25) is 14.5 Å². The van der Waals surface area contributed by atoms with Crippen molar-refractivity contribution < 1.29 is 9.63 Å². The summed E-state index contributed by atoms with van der Waals surface area (Å²) in [5, 5.41) is 5.29. The average molecular weight is 420 g/mol. The molecule has 0 unspecified atom stereocenters. The number of nitrogens with zero attached hydrogens (tertiary/aromatic N) is 2. The van der Waals surface area contributed by atoms with Gasteiger partial charge in [-0.05, 0) is 67.8 Å². The summed E-state index contributed by atoms with van der Waals surface area (Å²) in [5.74, 6) is 0.723. The Morgan fingerprint density at radius 1 is 1.19 bits per heavy atom. The molecule has 5 rings (SSSR count). The monoisotopic (exact) mass is 419 g/mol. The molecule has 0 aromatic heterocycles. The van der Waals surface area contributed by atoms with Crippen LogP contribution in [0.2, 0.25) is 0 Å². The highest BCUT2D eigenvalue weighted by Gasteiger charge is 2.40. The summed E-state index contributed by atoms with van der Waals surface area (Å²) in [6.45, 7) is 5.37. The van der Waals surface area contributed by atoms with Crippen LogP contribution in [0, 0.1) is 5.92 Å². The molecule has 4 atom stereocenters. The van der Waals surface area contributed by atoms with Crippen molar-refractivity contribution in [2.24, 2.45) is 5.92 Å². The van der Waals surface area contributed by atoms with E-state index < -0.39 is 0 Å². The number of piperidine rings is 2. The fourth-order valence-electron chi connectivity index (χ4n) is 5.96. The smallest absolute Gasteiger partial charge is 0.278 e. The second-order valence-corrected chi connectivity index (χ2v) is 9.23. The van der Waals surface area contributed by atoms with Crippen LogP contribution in [0.1, 0.15) is 65.3 Å². The molecule has 2 fully saturated rings. The highest BCUT2D eigenvalue weighted by molar-refractivity contribution is 5.95. The number of hydrogen-bond donors (Lipinski definition) is 1. The van der Waals surface area contributed by atoms with E-state index in [4.69, 9.17) is 4.84 Å². The van der Waals surface area contributed by atoms with Crippen molar-refractivity contribution in [1.82, 2.24) is 15.3 Å². The van der Waals surface area contributed by atoms with Gasteiger partial charge in [-0.25, -0.2) is 5.06 Å². The molecule has 0 saturated carbocycles. The highest BCUT2D eigenvalue weighted by Crippen LogP contribution is 2.41. The number of rotatable bonds is 4. The molecule has 5 nitrogen and oxygen atoms in total. The quantitative estimate of drug-likeness (QED) is 0.757. The number of fused-ring (bicyclic) bond motifs is 4. The van der Waals surface area contributed by atoms with E-state index in [1.807, 2.05) is 43.3 Å². The van der Waals surface area contributed by atoms with Crippen molar-refractivity contribution in [3.63, 3.8) is 0 Å². The molecule has 0 bridgehead atoms. The molecule has 3 heterocycles. The number of carbonyl (C=O) groups is 1. The second-order valence-electron chi connectivity index (χ2n) is 9.23. The van der Waals surface area contributed by atoms with Crippen molar-refractivity contribution in [2.45, 2.75) is 50.7 Å². The molecule has 3 aliphatic heterocycles. The predicted octanol–water partition coefficient (Wildman–Crippen LogP) is 4.12. The number of carbonyl (C=O) groups excluding carboxylic acids is 1. The lowest BCUT2D eigenvalue weighted by molar-refractivity contribution is -0.120. The summed E-state index contributed by atoms with van der Waals surface area (Å²) in [6, 6.07) is 17.2. The molecule has 0 spiro atoms. The zero-order valence-electron chi connectivity index (χ0n) is 18.6.